The maximum Gasteiger partial charge on any atom is 0.333 e. The first kappa shape index (κ1) is 55.3. The van der Waals surface area contributed by atoms with Gasteiger partial charge in [0.05, 0.1) is 69.2 Å². The van der Waals surface area contributed by atoms with Gasteiger partial charge >= 0.3 is 5.97 Å². The first-order valence-electron chi connectivity index (χ1n) is 23.8. The van der Waals surface area contributed by atoms with E-state index in [0.29, 0.717) is 117 Å². The zero-order valence-electron chi connectivity index (χ0n) is 40.5. The summed E-state index contributed by atoms with van der Waals surface area (Å²) in [5.74, 6) is -0.502. The van der Waals surface area contributed by atoms with Crippen molar-refractivity contribution >= 4 is 91.7 Å². The van der Waals surface area contributed by atoms with Gasteiger partial charge in [0.25, 0.3) is 45.6 Å². The summed E-state index contributed by atoms with van der Waals surface area (Å²) in [6.45, 7) is 5.11. The zero-order chi connectivity index (χ0) is 51.7. The van der Waals surface area contributed by atoms with Gasteiger partial charge in [-0.15, -0.1) is 5.06 Å². The summed E-state index contributed by atoms with van der Waals surface area (Å²) >= 11 is 0. The predicted octanol–water partition coefficient (Wildman–Crippen LogP) is 5.04. The minimum Gasteiger partial charge on any atom is -0.493 e. The van der Waals surface area contributed by atoms with E-state index < -0.39 is 71.4 Å². The molecule has 72 heavy (non-hydrogen) atoms. The van der Waals surface area contributed by atoms with E-state index in [4.69, 9.17) is 32.2 Å². The van der Waals surface area contributed by atoms with Gasteiger partial charge in [-0.2, -0.15) is 0 Å². The molecular weight excluding hydrogens is 1040 g/mol. The van der Waals surface area contributed by atoms with E-state index in [1.165, 1.54) is 14.2 Å². The van der Waals surface area contributed by atoms with Crippen molar-refractivity contribution < 1.29 is 77.5 Å². The van der Waals surface area contributed by atoms with Crippen LogP contribution in [-0.2, 0) is 54.1 Å². The van der Waals surface area contributed by atoms with Crippen molar-refractivity contribution in [1.82, 2.24) is 14.9 Å². The Morgan fingerprint density at radius 2 is 1.19 bits per heavy atom. The number of ether oxygens (including phenoxy) is 4. The zero-order valence-corrected chi connectivity index (χ0v) is 44.8. The molecular formula is C45H62N5O17PS4. The topological polar surface area (TPSA) is 269 Å². The second-order valence-corrected chi connectivity index (χ2v) is 26.4. The average Bonchev–Trinajstić information content (AvgIpc) is 4.08. The van der Waals surface area contributed by atoms with Gasteiger partial charge < -0.3 is 48.8 Å². The molecule has 3 saturated heterocycles. The van der Waals surface area contributed by atoms with Gasteiger partial charge in [0.1, 0.15) is 0 Å². The van der Waals surface area contributed by atoms with Crippen LogP contribution >= 0.6 is 28.7 Å². The Hall–Kier alpha value is -4.46. The summed E-state index contributed by atoms with van der Waals surface area (Å²) in [5, 5.41) is 6.72. The van der Waals surface area contributed by atoms with Crippen LogP contribution in [0.25, 0.3) is 0 Å². The van der Waals surface area contributed by atoms with E-state index >= 15 is 0 Å². The summed E-state index contributed by atoms with van der Waals surface area (Å²) in [5.41, 5.74) is 1.22. The van der Waals surface area contributed by atoms with E-state index in [2.05, 4.69) is 10.6 Å². The maximum absolute atomic E-state index is 14.9. The standard InChI is InChI=1S/C45H62N5O17PS4/c1-45(2,15-14-40(53)65-50-38(51)12-13-39(50)52)70-69-23-9-22-68(56,20-7-18-63-36-26-30-28(24-34(36)61-3)43(54)48-16-5-10-32(48)41(46-30)66-71(57)58)21-8-19-64-37-27-31-29(25-35(37)62-4)44(55)49-17-6-11-33(49)42(47-31)67-72(59)60/h24-27,32-33,41-42,46-47,71-72H,5-23H2,1-4H3/t32-,33-,41?,42?,68?/m0/s1. The van der Waals surface area contributed by atoms with Crippen LogP contribution in [0.5, 0.6) is 23.0 Å². The molecule has 0 aromatic heterocycles. The van der Waals surface area contributed by atoms with Gasteiger partial charge in [-0.25, -0.2) is 30.0 Å². The Labute approximate surface area is 429 Å². The third-order valence-electron chi connectivity index (χ3n) is 13.0. The van der Waals surface area contributed by atoms with Crippen LogP contribution in [0, 0.1) is 0 Å². The van der Waals surface area contributed by atoms with Gasteiger partial charge in [-0.05, 0) is 77.3 Å². The number of imide groups is 1. The third-order valence-corrected chi connectivity index (χ3v) is 20.7. The van der Waals surface area contributed by atoms with Crippen molar-refractivity contribution in [3.05, 3.63) is 35.4 Å². The first-order chi connectivity index (χ1) is 34.4. The molecule has 4 amide bonds. The van der Waals surface area contributed by atoms with Gasteiger partial charge in [-0.3, -0.25) is 19.2 Å². The first-order valence-corrected chi connectivity index (χ1v) is 30.6. The largest absolute Gasteiger partial charge is 0.493 e. The summed E-state index contributed by atoms with van der Waals surface area (Å²) in [7, 11) is -3.29. The lowest BCUT2D eigenvalue weighted by atomic mass is 10.1. The minimum atomic E-state index is -3.22. The van der Waals surface area contributed by atoms with Crippen molar-refractivity contribution in [1.29, 1.82) is 0 Å². The van der Waals surface area contributed by atoms with Gasteiger partial charge in [-0.1, -0.05) is 21.6 Å². The highest BCUT2D eigenvalue weighted by Crippen LogP contribution is 2.49. The fraction of sp³-hybridized carbons (Fsp3) is 0.622. The van der Waals surface area contributed by atoms with Crippen molar-refractivity contribution in [2.45, 2.75) is 114 Å². The molecule has 5 aliphatic heterocycles. The highest BCUT2D eigenvalue weighted by atomic mass is 33.1. The van der Waals surface area contributed by atoms with Crippen LogP contribution in [0.1, 0.15) is 105 Å². The number of nitrogens with one attached hydrogen (secondary N) is 2. The number of amides is 4. The molecule has 4 atom stereocenters. The molecule has 0 bridgehead atoms. The van der Waals surface area contributed by atoms with E-state index in [0.717, 1.165) is 0 Å². The van der Waals surface area contributed by atoms with Crippen LogP contribution in [-0.4, -0.2) is 155 Å². The van der Waals surface area contributed by atoms with E-state index in [9.17, 15) is 45.4 Å². The number of hydrogen-bond acceptors (Lipinski definition) is 21. The highest BCUT2D eigenvalue weighted by molar-refractivity contribution is 8.77. The molecule has 2 N–H and O–H groups in total. The fourth-order valence-electron chi connectivity index (χ4n) is 9.43. The molecule has 398 valence electrons. The number of methoxy groups -OCH3 is 2. The van der Waals surface area contributed by atoms with Gasteiger partial charge in [0.15, 0.2) is 35.5 Å². The Balaban J connectivity index is 0.984. The molecule has 0 saturated carbocycles. The number of fused-ring (bicyclic) bond motifs is 4. The van der Waals surface area contributed by atoms with Crippen molar-refractivity contribution in [3.63, 3.8) is 0 Å². The number of nitrogens with zero attached hydrogens (tertiary/aromatic N) is 3. The number of benzene rings is 2. The van der Waals surface area contributed by atoms with E-state index in [1.807, 2.05) is 13.8 Å². The van der Waals surface area contributed by atoms with Crippen molar-refractivity contribution in [2.24, 2.45) is 0 Å². The minimum absolute atomic E-state index is 0.00473. The Bertz CT molecular complexity index is 2420. The lowest BCUT2D eigenvalue weighted by Crippen LogP contribution is -2.44. The van der Waals surface area contributed by atoms with Crippen LogP contribution < -0.4 is 29.6 Å². The van der Waals surface area contributed by atoms with Crippen LogP contribution in [0.3, 0.4) is 0 Å². The normalized spacial score (nSPS) is 21.6. The molecule has 5 heterocycles. The molecule has 2 aromatic rings. The lowest BCUT2D eigenvalue weighted by Gasteiger charge is -2.27. The van der Waals surface area contributed by atoms with Gasteiger partial charge in [0.2, 0.25) is 0 Å². The van der Waals surface area contributed by atoms with Crippen molar-refractivity contribution in [2.75, 3.05) is 75.4 Å². The van der Waals surface area contributed by atoms with E-state index in [1.54, 1.807) is 55.7 Å². The lowest BCUT2D eigenvalue weighted by molar-refractivity contribution is -0.197. The third kappa shape index (κ3) is 13.8. The van der Waals surface area contributed by atoms with Crippen LogP contribution in [0.2, 0.25) is 0 Å². The molecule has 0 aliphatic carbocycles. The second-order valence-electron chi connectivity index (χ2n) is 18.5. The van der Waals surface area contributed by atoms with Crippen molar-refractivity contribution in [3.8, 4) is 23.0 Å². The number of thiol groups is 2. The maximum atomic E-state index is 14.9. The Morgan fingerprint density at radius 3 is 1.65 bits per heavy atom. The quantitative estimate of drug-likeness (QED) is 0.0316. The number of hydrogen-bond donors (Lipinski definition) is 4. The summed E-state index contributed by atoms with van der Waals surface area (Å²) in [6.07, 6.45) is 3.40. The molecule has 0 radical (unpaired) electrons. The fourth-order valence-corrected chi connectivity index (χ4v) is 15.9. The summed E-state index contributed by atoms with van der Waals surface area (Å²) < 4.78 is 95.2. The SMILES string of the molecule is COc1cc2c(cc1OCCCP(=O)(CCCOc1cc3c(cc1OC)C(=O)N1CCC[C@H]1C(O[SH](=O)=O)N3)CCCSSC(C)(C)CCC(=O)ON1C(=O)CCC1=O)NC(O[SH](=O)=O)[C@@H]1CCCN1C2=O. The van der Waals surface area contributed by atoms with Crippen LogP contribution in [0.15, 0.2) is 24.3 Å². The molecule has 7 rings (SSSR count). The smallest absolute Gasteiger partial charge is 0.333 e. The molecule has 3 fully saturated rings. The molecule has 5 aliphatic rings. The number of carbonyl (C=O) groups excluding carboxylic acids is 5. The second kappa shape index (κ2) is 24.7. The van der Waals surface area contributed by atoms with Crippen LogP contribution in [0.4, 0.5) is 11.4 Å². The monoisotopic (exact) mass is 1100 g/mol. The number of hydroxylamine groups is 2. The summed E-state index contributed by atoms with van der Waals surface area (Å²) in [6, 6.07) is 5.29. The van der Waals surface area contributed by atoms with E-state index in [-0.39, 0.29) is 71.7 Å². The Morgan fingerprint density at radius 1 is 0.722 bits per heavy atom. The molecule has 27 heteroatoms. The highest BCUT2D eigenvalue weighted by Gasteiger charge is 2.43. The molecule has 22 nitrogen and oxygen atoms in total. The Kier molecular flexibility index (Phi) is 19.0. The number of rotatable bonds is 26. The summed E-state index contributed by atoms with van der Waals surface area (Å²) in [4.78, 5) is 71.7. The average molecular weight is 1100 g/mol. The molecule has 2 unspecified atom stereocenters. The molecule has 0 spiro atoms. The number of carbonyl (C=O) groups is 5. The predicted molar refractivity (Wildman–Crippen MR) is 269 cm³/mol. The van der Waals surface area contributed by atoms with Gasteiger partial charge in [0, 0.05) is 73.5 Å². The molecule has 2 aromatic carbocycles. The number of anilines is 2.